The number of carbonyl (C=O) groups is 1. The molecular formula is C29H33N3O2. The summed E-state index contributed by atoms with van der Waals surface area (Å²) >= 11 is 0. The number of benzene rings is 2. The van der Waals surface area contributed by atoms with Gasteiger partial charge in [-0.25, -0.2) is 4.68 Å². The Bertz CT molecular complexity index is 1200. The second-order valence-electron chi connectivity index (χ2n) is 8.17. The Kier molecular flexibility index (Phi) is 8.77. The van der Waals surface area contributed by atoms with E-state index in [1.807, 2.05) is 54.1 Å². The number of hydrogen-bond acceptors (Lipinski definition) is 4. The van der Waals surface area contributed by atoms with Gasteiger partial charge in [-0.05, 0) is 68.8 Å². The van der Waals surface area contributed by atoms with Crippen molar-refractivity contribution in [2.24, 2.45) is 5.73 Å². The highest BCUT2D eigenvalue weighted by Crippen LogP contribution is 2.28. The summed E-state index contributed by atoms with van der Waals surface area (Å²) in [7, 11) is 3.16. The number of allylic oxidation sites excluding steroid dienone is 6. The second kappa shape index (κ2) is 12.0. The summed E-state index contributed by atoms with van der Waals surface area (Å²) in [5.41, 5.74) is 11.9. The highest BCUT2D eigenvalue weighted by molar-refractivity contribution is 5.75. The van der Waals surface area contributed by atoms with Crippen LogP contribution in [0.1, 0.15) is 41.8 Å². The third kappa shape index (κ3) is 6.00. The number of nitrogens with two attached hydrogens (primary N) is 1. The van der Waals surface area contributed by atoms with Gasteiger partial charge in [-0.3, -0.25) is 0 Å². The molecule has 0 bridgehead atoms. The Morgan fingerprint density at radius 2 is 1.82 bits per heavy atom. The summed E-state index contributed by atoms with van der Waals surface area (Å²) in [4.78, 5) is 12.0. The summed E-state index contributed by atoms with van der Waals surface area (Å²) in [6.07, 6.45) is 11.1. The molecule has 1 heterocycles. The molecule has 3 aromatic rings. The van der Waals surface area contributed by atoms with E-state index in [1.165, 1.54) is 12.6 Å². The summed E-state index contributed by atoms with van der Waals surface area (Å²) < 4.78 is 7.27. The number of carbonyl (C=O) groups excluding carboxylic acids is 1. The Balaban J connectivity index is 0.00000158. The zero-order valence-corrected chi connectivity index (χ0v) is 20.4. The number of aldehydes is 1. The molecule has 0 amide bonds. The molecule has 5 nitrogen and oxygen atoms in total. The van der Waals surface area contributed by atoms with E-state index in [2.05, 4.69) is 49.1 Å². The van der Waals surface area contributed by atoms with Gasteiger partial charge in [0.25, 0.3) is 0 Å². The lowest BCUT2D eigenvalue weighted by Gasteiger charge is -2.10. The van der Waals surface area contributed by atoms with Gasteiger partial charge >= 0.3 is 0 Å². The number of ether oxygens (including phenoxy) is 1. The molecule has 34 heavy (non-hydrogen) atoms. The van der Waals surface area contributed by atoms with E-state index in [1.54, 1.807) is 7.11 Å². The fourth-order valence-electron chi connectivity index (χ4n) is 3.95. The van der Waals surface area contributed by atoms with Gasteiger partial charge in [-0.1, -0.05) is 59.7 Å². The monoisotopic (exact) mass is 455 g/mol. The topological polar surface area (TPSA) is 70.1 Å². The summed E-state index contributed by atoms with van der Waals surface area (Å²) in [6, 6.07) is 18.1. The molecule has 0 saturated heterocycles. The maximum absolute atomic E-state index is 12.0. The van der Waals surface area contributed by atoms with Gasteiger partial charge in [0.2, 0.25) is 0 Å². The highest BCUT2D eigenvalue weighted by atomic mass is 16.5. The van der Waals surface area contributed by atoms with Crippen LogP contribution >= 0.6 is 0 Å². The van der Waals surface area contributed by atoms with E-state index in [9.17, 15) is 4.79 Å². The Morgan fingerprint density at radius 3 is 2.50 bits per heavy atom. The minimum absolute atomic E-state index is 0.232. The lowest BCUT2D eigenvalue weighted by molar-refractivity contribution is -0.109. The lowest BCUT2D eigenvalue weighted by Crippen LogP contribution is -2.06. The average Bonchev–Trinajstić information content (AvgIpc) is 3.17. The van der Waals surface area contributed by atoms with Gasteiger partial charge in [0.05, 0.1) is 24.2 Å². The maximum atomic E-state index is 12.0. The Hall–Kier alpha value is -3.70. The van der Waals surface area contributed by atoms with E-state index in [0.717, 1.165) is 52.2 Å². The minimum Gasteiger partial charge on any atom is -0.497 e. The largest absolute Gasteiger partial charge is 0.497 e. The van der Waals surface area contributed by atoms with Gasteiger partial charge in [0.1, 0.15) is 12.0 Å². The van der Waals surface area contributed by atoms with Crippen LogP contribution in [0.3, 0.4) is 0 Å². The zero-order chi connectivity index (χ0) is 24.5. The van der Waals surface area contributed by atoms with Crippen molar-refractivity contribution in [3.8, 4) is 11.4 Å². The SMILES string of the molecule is CN.COc1ccc(-n2nc(CC(C=O)c3cccc(C)c3)cc2C2=CCC=C(C)C=C2)cc1. The molecule has 0 aliphatic heterocycles. The number of rotatable bonds is 7. The molecule has 2 aromatic carbocycles. The first-order chi connectivity index (χ1) is 16.6. The van der Waals surface area contributed by atoms with Crippen molar-refractivity contribution in [2.45, 2.75) is 32.6 Å². The summed E-state index contributed by atoms with van der Waals surface area (Å²) in [5, 5.41) is 4.92. The Morgan fingerprint density at radius 1 is 1.06 bits per heavy atom. The number of aryl methyl sites for hydroxylation is 1. The molecule has 0 spiro atoms. The fraction of sp³-hybridized carbons (Fsp3) is 0.241. The molecule has 0 saturated carbocycles. The van der Waals surface area contributed by atoms with Gasteiger partial charge < -0.3 is 15.3 Å². The van der Waals surface area contributed by atoms with Crippen LogP contribution in [0.2, 0.25) is 0 Å². The quantitative estimate of drug-likeness (QED) is 0.472. The first-order valence-corrected chi connectivity index (χ1v) is 11.5. The van der Waals surface area contributed by atoms with Crippen molar-refractivity contribution in [3.63, 3.8) is 0 Å². The first-order valence-electron chi connectivity index (χ1n) is 11.5. The van der Waals surface area contributed by atoms with Crippen molar-refractivity contribution in [1.29, 1.82) is 0 Å². The van der Waals surface area contributed by atoms with Crippen LogP contribution in [0, 0.1) is 6.92 Å². The summed E-state index contributed by atoms with van der Waals surface area (Å²) in [6.45, 7) is 4.15. The van der Waals surface area contributed by atoms with E-state index < -0.39 is 0 Å². The smallest absolute Gasteiger partial charge is 0.127 e. The number of hydrogen-bond donors (Lipinski definition) is 1. The van der Waals surface area contributed by atoms with Crippen molar-refractivity contribution >= 4 is 11.9 Å². The van der Waals surface area contributed by atoms with Gasteiger partial charge in [0, 0.05) is 12.3 Å². The number of nitrogens with zero attached hydrogens (tertiary/aromatic N) is 2. The van der Waals surface area contributed by atoms with Crippen LogP contribution in [0.4, 0.5) is 0 Å². The van der Waals surface area contributed by atoms with E-state index in [4.69, 9.17) is 9.84 Å². The van der Waals surface area contributed by atoms with Gasteiger partial charge in [0.15, 0.2) is 0 Å². The van der Waals surface area contributed by atoms with Crippen molar-refractivity contribution < 1.29 is 9.53 Å². The lowest BCUT2D eigenvalue weighted by atomic mass is 9.94. The summed E-state index contributed by atoms with van der Waals surface area (Å²) in [5.74, 6) is 0.570. The molecule has 5 heteroatoms. The predicted molar refractivity (Wildman–Crippen MR) is 139 cm³/mol. The second-order valence-corrected chi connectivity index (χ2v) is 8.17. The van der Waals surface area contributed by atoms with Crippen molar-refractivity contribution in [3.05, 3.63) is 107 Å². The van der Waals surface area contributed by atoms with Crippen LogP contribution in [-0.4, -0.2) is 30.2 Å². The van der Waals surface area contributed by atoms with Gasteiger partial charge in [-0.15, -0.1) is 0 Å². The van der Waals surface area contributed by atoms with Crippen LogP contribution in [-0.2, 0) is 11.2 Å². The van der Waals surface area contributed by atoms with E-state index in [-0.39, 0.29) is 5.92 Å². The molecule has 1 aliphatic rings. The molecule has 1 unspecified atom stereocenters. The predicted octanol–water partition coefficient (Wildman–Crippen LogP) is 5.58. The molecule has 0 fully saturated rings. The first kappa shape index (κ1) is 24.9. The van der Waals surface area contributed by atoms with E-state index in [0.29, 0.717) is 6.42 Å². The molecule has 4 rings (SSSR count). The van der Waals surface area contributed by atoms with Crippen LogP contribution in [0.15, 0.2) is 84.5 Å². The maximum Gasteiger partial charge on any atom is 0.127 e. The van der Waals surface area contributed by atoms with Crippen molar-refractivity contribution in [1.82, 2.24) is 9.78 Å². The van der Waals surface area contributed by atoms with Gasteiger partial charge in [-0.2, -0.15) is 5.10 Å². The number of methoxy groups -OCH3 is 1. The standard InChI is InChI=1S/C28H28N2O2.CH5N/c1-20-6-4-8-22(11-10-20)28-18-25(17-24(19-31)23-9-5-7-21(2)16-23)29-30(28)26-12-14-27(32-3)15-13-26;1-2/h5-16,18-19,24H,4,17H2,1-3H3;2H2,1H3. The molecule has 1 aliphatic carbocycles. The normalized spacial score (nSPS) is 13.7. The molecule has 1 atom stereocenters. The molecule has 2 N–H and O–H groups in total. The average molecular weight is 456 g/mol. The van der Waals surface area contributed by atoms with Crippen LogP contribution < -0.4 is 10.5 Å². The molecule has 1 aromatic heterocycles. The van der Waals surface area contributed by atoms with E-state index >= 15 is 0 Å². The minimum atomic E-state index is -0.232. The molecular weight excluding hydrogens is 422 g/mol. The third-order valence-electron chi connectivity index (χ3n) is 5.74. The number of aromatic nitrogens is 2. The van der Waals surface area contributed by atoms with Crippen molar-refractivity contribution in [2.75, 3.05) is 14.2 Å². The van der Waals surface area contributed by atoms with Crippen LogP contribution in [0.25, 0.3) is 11.3 Å². The zero-order valence-electron chi connectivity index (χ0n) is 20.4. The third-order valence-corrected chi connectivity index (χ3v) is 5.74. The molecule has 0 radical (unpaired) electrons. The highest BCUT2D eigenvalue weighted by Gasteiger charge is 2.18. The van der Waals surface area contributed by atoms with Crippen LogP contribution in [0.5, 0.6) is 5.75 Å². The Labute approximate surface area is 202 Å². The molecule has 176 valence electrons. The fourth-order valence-corrected chi connectivity index (χ4v) is 3.95.